The average Bonchev–Trinajstić information content (AvgIpc) is 2.86. The number of nitrogens with zero attached hydrogens (tertiary/aromatic N) is 4. The zero-order chi connectivity index (χ0) is 25.9. The zero-order valence-corrected chi connectivity index (χ0v) is 20.4. The second-order valence-corrected chi connectivity index (χ2v) is 8.52. The molecule has 1 fully saturated rings. The van der Waals surface area contributed by atoms with Crippen molar-refractivity contribution in [3.63, 3.8) is 0 Å². The minimum atomic E-state index is -4.44. The van der Waals surface area contributed by atoms with Crippen molar-refractivity contribution < 1.29 is 22.7 Å². The Morgan fingerprint density at radius 1 is 1.03 bits per heavy atom. The predicted molar refractivity (Wildman–Crippen MR) is 132 cm³/mol. The maximum atomic E-state index is 13.2. The first-order valence-corrected chi connectivity index (χ1v) is 11.7. The Kier molecular flexibility index (Phi) is 7.32. The number of hydrogen-bond donors (Lipinski definition) is 1. The lowest BCUT2D eigenvalue weighted by molar-refractivity contribution is -0.137. The minimum absolute atomic E-state index is 0.195. The van der Waals surface area contributed by atoms with Crippen LogP contribution in [0, 0.1) is 13.8 Å². The summed E-state index contributed by atoms with van der Waals surface area (Å²) in [5.74, 6) is 1.65. The molecule has 1 aliphatic heterocycles. The second-order valence-electron chi connectivity index (χ2n) is 8.52. The van der Waals surface area contributed by atoms with E-state index in [-0.39, 0.29) is 11.9 Å². The van der Waals surface area contributed by atoms with Crippen LogP contribution in [-0.2, 0) is 6.18 Å². The molecule has 3 aromatic rings. The van der Waals surface area contributed by atoms with E-state index in [4.69, 9.17) is 4.74 Å². The van der Waals surface area contributed by atoms with Crippen LogP contribution in [0.1, 0.15) is 23.7 Å². The van der Waals surface area contributed by atoms with Crippen molar-refractivity contribution in [3.8, 4) is 17.1 Å². The maximum absolute atomic E-state index is 13.2. The van der Waals surface area contributed by atoms with Crippen LogP contribution in [0.4, 0.5) is 29.5 Å². The van der Waals surface area contributed by atoms with Crippen LogP contribution in [-0.4, -0.2) is 53.7 Å². The van der Waals surface area contributed by atoms with Crippen LogP contribution in [0.15, 0.2) is 48.5 Å². The van der Waals surface area contributed by atoms with Gasteiger partial charge in [0, 0.05) is 48.7 Å². The highest BCUT2D eigenvalue weighted by molar-refractivity contribution is 5.89. The van der Waals surface area contributed by atoms with Gasteiger partial charge in [-0.05, 0) is 57.2 Å². The van der Waals surface area contributed by atoms with E-state index < -0.39 is 11.7 Å². The molecule has 0 saturated carbocycles. The lowest BCUT2D eigenvalue weighted by Gasteiger charge is -2.36. The van der Waals surface area contributed by atoms with Crippen LogP contribution in [0.3, 0.4) is 0 Å². The molecule has 0 unspecified atom stereocenters. The number of amides is 2. The van der Waals surface area contributed by atoms with Gasteiger partial charge in [0.2, 0.25) is 0 Å². The van der Waals surface area contributed by atoms with Crippen molar-refractivity contribution in [1.29, 1.82) is 0 Å². The molecule has 7 nitrogen and oxygen atoms in total. The van der Waals surface area contributed by atoms with Crippen LogP contribution in [0.25, 0.3) is 11.4 Å². The second kappa shape index (κ2) is 10.4. The number of carbonyl (C=O) groups is 1. The van der Waals surface area contributed by atoms with Crippen molar-refractivity contribution >= 4 is 17.5 Å². The maximum Gasteiger partial charge on any atom is 0.416 e. The summed E-state index contributed by atoms with van der Waals surface area (Å²) in [5, 5.41) is 2.90. The quantitative estimate of drug-likeness (QED) is 0.500. The largest absolute Gasteiger partial charge is 0.494 e. The fourth-order valence-corrected chi connectivity index (χ4v) is 4.01. The number of rotatable bonds is 5. The zero-order valence-electron chi connectivity index (χ0n) is 20.4. The van der Waals surface area contributed by atoms with Gasteiger partial charge in [-0.3, -0.25) is 0 Å². The van der Waals surface area contributed by atoms with Crippen LogP contribution in [0.5, 0.6) is 5.75 Å². The molecular weight excluding hydrogens is 471 g/mol. The number of anilines is 2. The Bertz CT molecular complexity index is 1220. The van der Waals surface area contributed by atoms with E-state index in [1.165, 1.54) is 6.07 Å². The summed E-state index contributed by atoms with van der Waals surface area (Å²) in [4.78, 5) is 25.6. The third-order valence-electron chi connectivity index (χ3n) is 6.09. The lowest BCUT2D eigenvalue weighted by Crippen LogP contribution is -2.50. The molecule has 36 heavy (non-hydrogen) atoms. The first kappa shape index (κ1) is 25.3. The Hall–Kier alpha value is -3.82. The molecular formula is C26H28F3N5O2. The van der Waals surface area contributed by atoms with Gasteiger partial charge in [0.25, 0.3) is 0 Å². The fraction of sp³-hybridized carbons (Fsp3) is 0.346. The average molecular weight is 500 g/mol. The van der Waals surface area contributed by atoms with E-state index in [9.17, 15) is 18.0 Å². The molecule has 0 spiro atoms. The SMILES string of the molecule is CCOc1ccc(NC(=O)N2CCN(c3nc(-c4cccc(C(F)(F)F)c4)nc(C)c3C)CC2)cc1. The molecule has 0 atom stereocenters. The van der Waals surface area contributed by atoms with Crippen molar-refractivity contribution in [2.24, 2.45) is 0 Å². The van der Waals surface area contributed by atoms with Crippen molar-refractivity contribution in [2.75, 3.05) is 43.0 Å². The topological polar surface area (TPSA) is 70.6 Å². The predicted octanol–water partition coefficient (Wildman–Crippen LogP) is 5.53. The van der Waals surface area contributed by atoms with Crippen molar-refractivity contribution in [2.45, 2.75) is 26.9 Å². The molecule has 190 valence electrons. The lowest BCUT2D eigenvalue weighted by atomic mass is 10.1. The molecule has 4 rings (SSSR count). The molecule has 2 amide bonds. The van der Waals surface area contributed by atoms with Gasteiger partial charge in [0.05, 0.1) is 12.2 Å². The molecule has 0 aliphatic carbocycles. The standard InChI is InChI=1S/C26H28F3N5O2/c1-4-36-22-10-8-21(9-11-22)31-25(35)34-14-12-33(13-15-34)24-17(2)18(3)30-23(32-24)19-6-5-7-20(16-19)26(27,28)29/h5-11,16H,4,12-15H2,1-3H3,(H,31,35). The van der Waals surface area contributed by atoms with Crippen molar-refractivity contribution in [1.82, 2.24) is 14.9 Å². The Morgan fingerprint density at radius 2 is 1.72 bits per heavy atom. The number of ether oxygens (including phenoxy) is 1. The number of hydrogen-bond acceptors (Lipinski definition) is 5. The summed E-state index contributed by atoms with van der Waals surface area (Å²) in [5.41, 5.74) is 1.80. The number of urea groups is 1. The molecule has 1 saturated heterocycles. The molecule has 1 N–H and O–H groups in total. The number of benzene rings is 2. The molecule has 1 aliphatic rings. The van der Waals surface area contributed by atoms with Crippen LogP contribution < -0.4 is 15.0 Å². The number of halogens is 3. The normalized spacial score (nSPS) is 14.1. The van der Waals surface area contributed by atoms with Crippen molar-refractivity contribution in [3.05, 3.63) is 65.4 Å². The smallest absolute Gasteiger partial charge is 0.416 e. The van der Waals surface area contributed by atoms with Gasteiger partial charge in [0.15, 0.2) is 5.82 Å². The Labute approximate surface area is 207 Å². The fourth-order valence-electron chi connectivity index (χ4n) is 4.01. The summed E-state index contributed by atoms with van der Waals surface area (Å²) in [6.07, 6.45) is -4.44. The van der Waals surface area contributed by atoms with E-state index in [0.717, 1.165) is 23.4 Å². The Morgan fingerprint density at radius 3 is 2.36 bits per heavy atom. The van der Waals surface area contributed by atoms with E-state index in [0.29, 0.717) is 55.5 Å². The first-order valence-electron chi connectivity index (χ1n) is 11.7. The monoisotopic (exact) mass is 499 g/mol. The van der Waals surface area contributed by atoms with Gasteiger partial charge in [-0.2, -0.15) is 13.2 Å². The third kappa shape index (κ3) is 5.69. The summed E-state index contributed by atoms with van der Waals surface area (Å²) >= 11 is 0. The van der Waals surface area contributed by atoms with Gasteiger partial charge < -0.3 is 19.9 Å². The molecule has 2 aromatic carbocycles. The number of aryl methyl sites for hydroxylation is 1. The molecule has 1 aromatic heterocycles. The van der Waals surface area contributed by atoms with Crippen LogP contribution in [0.2, 0.25) is 0 Å². The number of nitrogens with one attached hydrogen (secondary N) is 1. The highest BCUT2D eigenvalue weighted by Gasteiger charge is 2.31. The van der Waals surface area contributed by atoms with Gasteiger partial charge in [0.1, 0.15) is 11.6 Å². The highest BCUT2D eigenvalue weighted by Crippen LogP contribution is 2.32. The third-order valence-corrected chi connectivity index (χ3v) is 6.09. The summed E-state index contributed by atoms with van der Waals surface area (Å²) < 4.78 is 45.0. The minimum Gasteiger partial charge on any atom is -0.494 e. The molecule has 0 bridgehead atoms. The van der Waals surface area contributed by atoms with E-state index in [1.807, 2.05) is 25.7 Å². The highest BCUT2D eigenvalue weighted by atomic mass is 19.4. The molecule has 0 radical (unpaired) electrons. The van der Waals surface area contributed by atoms with E-state index in [1.54, 1.807) is 35.2 Å². The van der Waals surface area contributed by atoms with Gasteiger partial charge >= 0.3 is 12.2 Å². The van der Waals surface area contributed by atoms with E-state index in [2.05, 4.69) is 15.3 Å². The van der Waals surface area contributed by atoms with Gasteiger partial charge in [-0.25, -0.2) is 14.8 Å². The molecule has 2 heterocycles. The van der Waals surface area contributed by atoms with Gasteiger partial charge in [-0.1, -0.05) is 12.1 Å². The number of carbonyl (C=O) groups excluding carboxylic acids is 1. The summed E-state index contributed by atoms with van der Waals surface area (Å²) in [7, 11) is 0. The number of piperazine rings is 1. The molecule has 10 heteroatoms. The van der Waals surface area contributed by atoms with Gasteiger partial charge in [-0.15, -0.1) is 0 Å². The number of aromatic nitrogens is 2. The van der Waals surface area contributed by atoms with Crippen LogP contribution >= 0.6 is 0 Å². The van der Waals surface area contributed by atoms with E-state index >= 15 is 0 Å². The Balaban J connectivity index is 1.45. The summed E-state index contributed by atoms with van der Waals surface area (Å²) in [6.45, 7) is 8.22. The summed E-state index contributed by atoms with van der Waals surface area (Å²) in [6, 6.07) is 12.0. The number of alkyl halides is 3. The first-order chi connectivity index (χ1) is 17.2.